The van der Waals surface area contributed by atoms with Crippen LogP contribution in [0.15, 0.2) is 18.2 Å². The van der Waals surface area contributed by atoms with Gasteiger partial charge in [0.15, 0.2) is 0 Å². The molecule has 0 aliphatic heterocycles. The summed E-state index contributed by atoms with van der Waals surface area (Å²) in [6.07, 6.45) is 0.146. The number of hydrogen-bond donors (Lipinski definition) is 2. The van der Waals surface area contributed by atoms with Gasteiger partial charge in [0.2, 0.25) is 5.91 Å². The molecule has 3 N–H and O–H groups in total. The van der Waals surface area contributed by atoms with E-state index >= 15 is 0 Å². The Bertz CT molecular complexity index is 355. The summed E-state index contributed by atoms with van der Waals surface area (Å²) >= 11 is 5.74. The molecule has 0 fully saturated rings. The van der Waals surface area contributed by atoms with Crippen LogP contribution in [-0.4, -0.2) is 17.6 Å². The third kappa shape index (κ3) is 3.77. The summed E-state index contributed by atoms with van der Waals surface area (Å²) in [5.74, 6) is 0.0951. The number of carbonyl (C=O) groups is 1. The van der Waals surface area contributed by atoms with Crippen molar-refractivity contribution in [3.63, 3.8) is 0 Å². The van der Waals surface area contributed by atoms with E-state index in [4.69, 9.17) is 27.2 Å². The van der Waals surface area contributed by atoms with E-state index in [-0.39, 0.29) is 19.6 Å². The Hall–Kier alpha value is -1.26. The number of nitrogens with two attached hydrogens (primary N) is 1. The molecule has 1 amide bonds. The third-order valence-electron chi connectivity index (χ3n) is 1.80. The van der Waals surface area contributed by atoms with E-state index in [1.165, 1.54) is 0 Å². The van der Waals surface area contributed by atoms with Crippen molar-refractivity contribution >= 4 is 17.5 Å². The molecule has 15 heavy (non-hydrogen) atoms. The van der Waals surface area contributed by atoms with Gasteiger partial charge < -0.3 is 15.6 Å². The molecule has 0 spiro atoms. The van der Waals surface area contributed by atoms with Gasteiger partial charge in [-0.05, 0) is 18.2 Å². The minimum Gasteiger partial charge on any atom is -0.493 e. The molecule has 0 saturated heterocycles. The molecule has 1 aromatic rings. The molecule has 0 aromatic heterocycles. The maximum absolute atomic E-state index is 10.5. The summed E-state index contributed by atoms with van der Waals surface area (Å²) in [6.45, 7) is 0.0381. The predicted molar refractivity (Wildman–Crippen MR) is 56.7 cm³/mol. The molecule has 1 rings (SSSR count). The summed E-state index contributed by atoms with van der Waals surface area (Å²) in [5.41, 5.74) is 5.55. The van der Waals surface area contributed by atoms with Crippen molar-refractivity contribution in [2.45, 2.75) is 13.0 Å². The van der Waals surface area contributed by atoms with Gasteiger partial charge in [-0.15, -0.1) is 0 Å². The largest absolute Gasteiger partial charge is 0.493 e. The Labute approximate surface area is 92.6 Å². The Morgan fingerprint density at radius 1 is 1.53 bits per heavy atom. The summed E-state index contributed by atoms with van der Waals surface area (Å²) in [6, 6.07) is 4.91. The predicted octanol–water partition coefficient (Wildman–Crippen LogP) is 1.09. The SMILES string of the molecule is NC(=O)CCOc1ccc(Cl)cc1CO. The van der Waals surface area contributed by atoms with Crippen molar-refractivity contribution in [1.29, 1.82) is 0 Å². The number of amides is 1. The van der Waals surface area contributed by atoms with Gasteiger partial charge in [0.05, 0.1) is 19.6 Å². The number of hydrogen-bond acceptors (Lipinski definition) is 3. The molecule has 0 bridgehead atoms. The molecule has 0 aliphatic carbocycles. The van der Waals surface area contributed by atoms with Crippen LogP contribution in [0.4, 0.5) is 0 Å². The zero-order chi connectivity index (χ0) is 11.3. The number of ether oxygens (including phenoxy) is 1. The molecule has 0 heterocycles. The fourth-order valence-electron chi connectivity index (χ4n) is 1.07. The average molecular weight is 230 g/mol. The van der Waals surface area contributed by atoms with Crippen molar-refractivity contribution in [2.75, 3.05) is 6.61 Å². The van der Waals surface area contributed by atoms with Crippen molar-refractivity contribution in [3.8, 4) is 5.75 Å². The van der Waals surface area contributed by atoms with Crippen LogP contribution in [0.1, 0.15) is 12.0 Å². The molecule has 0 radical (unpaired) electrons. The minimum absolute atomic E-state index is 0.146. The summed E-state index contributed by atoms with van der Waals surface area (Å²) in [7, 11) is 0. The molecule has 5 heteroatoms. The molecule has 82 valence electrons. The molecule has 4 nitrogen and oxygen atoms in total. The second-order valence-electron chi connectivity index (χ2n) is 2.97. The summed E-state index contributed by atoms with van der Waals surface area (Å²) < 4.78 is 5.27. The maximum atomic E-state index is 10.5. The van der Waals surface area contributed by atoms with Gasteiger partial charge in [-0.1, -0.05) is 11.6 Å². The quantitative estimate of drug-likeness (QED) is 0.794. The van der Waals surface area contributed by atoms with Crippen LogP contribution >= 0.6 is 11.6 Å². The second-order valence-corrected chi connectivity index (χ2v) is 3.41. The number of primary amides is 1. The minimum atomic E-state index is -0.422. The maximum Gasteiger partial charge on any atom is 0.220 e. The lowest BCUT2D eigenvalue weighted by Gasteiger charge is -2.09. The first-order chi connectivity index (χ1) is 7.13. The van der Waals surface area contributed by atoms with Gasteiger partial charge in [0, 0.05) is 10.6 Å². The van der Waals surface area contributed by atoms with E-state index in [1.807, 2.05) is 0 Å². The van der Waals surface area contributed by atoms with E-state index in [0.29, 0.717) is 16.3 Å². The topological polar surface area (TPSA) is 72.6 Å². The van der Waals surface area contributed by atoms with Gasteiger partial charge >= 0.3 is 0 Å². The second kappa shape index (κ2) is 5.58. The highest BCUT2D eigenvalue weighted by Gasteiger charge is 2.04. The van der Waals surface area contributed by atoms with Crippen LogP contribution in [-0.2, 0) is 11.4 Å². The van der Waals surface area contributed by atoms with Crippen molar-refractivity contribution in [1.82, 2.24) is 0 Å². The number of rotatable bonds is 5. The average Bonchev–Trinajstić information content (AvgIpc) is 2.19. The van der Waals surface area contributed by atoms with E-state index < -0.39 is 5.91 Å². The van der Waals surface area contributed by atoms with Gasteiger partial charge in [0.1, 0.15) is 5.75 Å². The first-order valence-corrected chi connectivity index (χ1v) is 4.81. The highest BCUT2D eigenvalue weighted by molar-refractivity contribution is 6.30. The number of aliphatic hydroxyl groups excluding tert-OH is 1. The zero-order valence-electron chi connectivity index (χ0n) is 8.07. The van der Waals surface area contributed by atoms with Crippen molar-refractivity contribution in [2.24, 2.45) is 5.73 Å². The molecule has 0 unspecified atom stereocenters. The molecular weight excluding hydrogens is 218 g/mol. The molecule has 0 saturated carbocycles. The van der Waals surface area contributed by atoms with Gasteiger partial charge in [-0.25, -0.2) is 0 Å². The van der Waals surface area contributed by atoms with E-state index in [2.05, 4.69) is 0 Å². The third-order valence-corrected chi connectivity index (χ3v) is 2.03. The number of halogens is 1. The summed E-state index contributed by atoms with van der Waals surface area (Å²) in [5, 5.41) is 9.55. The van der Waals surface area contributed by atoms with E-state index in [9.17, 15) is 4.79 Å². The Morgan fingerprint density at radius 2 is 2.27 bits per heavy atom. The lowest BCUT2D eigenvalue weighted by atomic mass is 10.2. The van der Waals surface area contributed by atoms with E-state index in [1.54, 1.807) is 18.2 Å². The zero-order valence-corrected chi connectivity index (χ0v) is 8.83. The van der Waals surface area contributed by atoms with Crippen LogP contribution in [0, 0.1) is 0 Å². The standard InChI is InChI=1S/C10H12ClNO3/c11-8-1-2-9(7(5-8)6-13)15-4-3-10(12)14/h1-2,5,13H,3-4,6H2,(H2,12,14). The molecule has 1 aromatic carbocycles. The number of carbonyl (C=O) groups excluding carboxylic acids is 1. The number of benzene rings is 1. The van der Waals surface area contributed by atoms with Crippen molar-refractivity contribution < 1.29 is 14.6 Å². The fourth-order valence-corrected chi connectivity index (χ4v) is 1.27. The van der Waals surface area contributed by atoms with Crippen LogP contribution in [0.3, 0.4) is 0 Å². The van der Waals surface area contributed by atoms with Crippen LogP contribution < -0.4 is 10.5 Å². The molecule has 0 atom stereocenters. The lowest BCUT2D eigenvalue weighted by molar-refractivity contribution is -0.118. The Kier molecular flexibility index (Phi) is 4.39. The summed E-state index contributed by atoms with van der Waals surface area (Å²) in [4.78, 5) is 10.5. The van der Waals surface area contributed by atoms with Crippen LogP contribution in [0.25, 0.3) is 0 Å². The first-order valence-electron chi connectivity index (χ1n) is 4.44. The Balaban J connectivity index is 2.63. The van der Waals surface area contributed by atoms with Crippen LogP contribution in [0.2, 0.25) is 5.02 Å². The highest BCUT2D eigenvalue weighted by Crippen LogP contribution is 2.22. The van der Waals surface area contributed by atoms with E-state index in [0.717, 1.165) is 0 Å². The van der Waals surface area contributed by atoms with Crippen LogP contribution in [0.5, 0.6) is 5.75 Å². The molecule has 0 aliphatic rings. The first kappa shape index (κ1) is 11.8. The molecular formula is C10H12ClNO3. The Morgan fingerprint density at radius 3 is 2.87 bits per heavy atom. The smallest absolute Gasteiger partial charge is 0.220 e. The number of aliphatic hydroxyl groups is 1. The normalized spacial score (nSPS) is 10.0. The van der Waals surface area contributed by atoms with Gasteiger partial charge in [-0.3, -0.25) is 4.79 Å². The van der Waals surface area contributed by atoms with Crippen molar-refractivity contribution in [3.05, 3.63) is 28.8 Å². The lowest BCUT2D eigenvalue weighted by Crippen LogP contribution is -2.14. The van der Waals surface area contributed by atoms with Gasteiger partial charge in [0.25, 0.3) is 0 Å². The fraction of sp³-hybridized carbons (Fsp3) is 0.300. The highest BCUT2D eigenvalue weighted by atomic mass is 35.5. The monoisotopic (exact) mass is 229 g/mol. The van der Waals surface area contributed by atoms with Gasteiger partial charge in [-0.2, -0.15) is 0 Å².